The largest absolute Gasteiger partial charge is 0.454 e. The van der Waals surface area contributed by atoms with E-state index in [1.54, 1.807) is 23.9 Å². The average molecular weight is 444 g/mol. The highest BCUT2D eigenvalue weighted by atomic mass is 32.2. The number of hydrogen-bond acceptors (Lipinski definition) is 6. The van der Waals surface area contributed by atoms with E-state index >= 15 is 0 Å². The van der Waals surface area contributed by atoms with Gasteiger partial charge in [-0.2, -0.15) is 0 Å². The molecule has 0 spiro atoms. The lowest BCUT2D eigenvalue weighted by molar-refractivity contribution is -0.133. The predicted octanol–water partition coefficient (Wildman–Crippen LogP) is 2.95. The van der Waals surface area contributed by atoms with Gasteiger partial charge in [0.1, 0.15) is 11.2 Å². The molecule has 5 rings (SSSR count). The van der Waals surface area contributed by atoms with Gasteiger partial charge in [-0.15, -0.1) is 11.8 Å². The molecule has 3 aliphatic rings. The summed E-state index contributed by atoms with van der Waals surface area (Å²) >= 11 is 1.64. The molecule has 0 N–H and O–H groups in total. The first-order chi connectivity index (χ1) is 15.2. The maximum atomic E-state index is 14.2. The van der Waals surface area contributed by atoms with Gasteiger partial charge in [0.15, 0.2) is 11.5 Å². The maximum absolute atomic E-state index is 14.2. The number of hydrogen-bond donors (Lipinski definition) is 0. The second-order valence-corrected chi connectivity index (χ2v) is 9.26. The van der Waals surface area contributed by atoms with Crippen molar-refractivity contribution in [3.05, 3.63) is 59.4 Å². The van der Waals surface area contributed by atoms with Crippen LogP contribution < -0.4 is 9.47 Å². The van der Waals surface area contributed by atoms with Gasteiger partial charge < -0.3 is 14.4 Å². The van der Waals surface area contributed by atoms with Crippen molar-refractivity contribution < 1.29 is 18.7 Å². The molecule has 3 heterocycles. The van der Waals surface area contributed by atoms with Crippen LogP contribution in [0.25, 0.3) is 0 Å². The molecule has 31 heavy (non-hydrogen) atoms. The van der Waals surface area contributed by atoms with E-state index < -0.39 is 0 Å². The number of nitrogens with zero attached hydrogens (tertiary/aromatic N) is 3. The summed E-state index contributed by atoms with van der Waals surface area (Å²) in [6, 6.07) is 12.9. The lowest BCUT2D eigenvalue weighted by atomic mass is 10.1. The van der Waals surface area contributed by atoms with Crippen molar-refractivity contribution >= 4 is 17.7 Å². The molecule has 0 bridgehead atoms. The molecule has 2 saturated heterocycles. The van der Waals surface area contributed by atoms with Gasteiger partial charge in [-0.25, -0.2) is 4.39 Å². The third-order valence-electron chi connectivity index (χ3n) is 6.05. The molecule has 6 nitrogen and oxygen atoms in total. The topological polar surface area (TPSA) is 45.3 Å². The number of carbonyl (C=O) groups is 1. The van der Waals surface area contributed by atoms with E-state index in [-0.39, 0.29) is 17.1 Å². The standard InChI is InChI=1S/C23H26FN3O3S/c24-19-4-2-1-3-18(19)23-27(11-12-31-23)22(28)15-26-9-7-25(8-10-26)14-17-5-6-20-21(13-17)30-16-29-20/h1-6,13,23H,7-12,14-16H2. The summed E-state index contributed by atoms with van der Waals surface area (Å²) in [5.41, 5.74) is 1.81. The number of ether oxygens (including phenoxy) is 2. The molecule has 2 fully saturated rings. The van der Waals surface area contributed by atoms with Crippen LogP contribution >= 0.6 is 11.8 Å². The molecule has 2 aromatic rings. The molecule has 3 aliphatic heterocycles. The Labute approximate surface area is 185 Å². The van der Waals surface area contributed by atoms with Crippen molar-refractivity contribution in [2.45, 2.75) is 11.9 Å². The van der Waals surface area contributed by atoms with E-state index in [9.17, 15) is 9.18 Å². The highest BCUT2D eigenvalue weighted by Crippen LogP contribution is 2.39. The monoisotopic (exact) mass is 443 g/mol. The maximum Gasteiger partial charge on any atom is 0.237 e. The van der Waals surface area contributed by atoms with E-state index in [4.69, 9.17) is 9.47 Å². The zero-order chi connectivity index (χ0) is 21.2. The van der Waals surface area contributed by atoms with Crippen molar-refractivity contribution in [2.75, 3.05) is 51.8 Å². The van der Waals surface area contributed by atoms with Crippen LogP contribution in [0, 0.1) is 5.82 Å². The number of fused-ring (bicyclic) bond motifs is 1. The third kappa shape index (κ3) is 4.51. The van der Waals surface area contributed by atoms with Crippen molar-refractivity contribution in [3.8, 4) is 11.5 Å². The summed E-state index contributed by atoms with van der Waals surface area (Å²) in [6.45, 7) is 5.73. The summed E-state index contributed by atoms with van der Waals surface area (Å²) in [6.07, 6.45) is 0. The van der Waals surface area contributed by atoms with Crippen LogP contribution in [0.5, 0.6) is 11.5 Å². The first-order valence-corrected chi connectivity index (χ1v) is 11.7. The number of rotatable bonds is 5. The lowest BCUT2D eigenvalue weighted by Crippen LogP contribution is -2.49. The lowest BCUT2D eigenvalue weighted by Gasteiger charge is -2.35. The van der Waals surface area contributed by atoms with Crippen LogP contribution in [-0.2, 0) is 11.3 Å². The zero-order valence-electron chi connectivity index (χ0n) is 17.3. The molecule has 2 aromatic carbocycles. The third-order valence-corrected chi connectivity index (χ3v) is 7.29. The van der Waals surface area contributed by atoms with Gasteiger partial charge in [0.2, 0.25) is 12.7 Å². The number of piperazine rings is 1. The second kappa shape index (κ2) is 9.06. The molecule has 8 heteroatoms. The number of amides is 1. The average Bonchev–Trinajstić information content (AvgIpc) is 3.45. The molecule has 1 amide bonds. The van der Waals surface area contributed by atoms with Crippen molar-refractivity contribution in [3.63, 3.8) is 0 Å². The van der Waals surface area contributed by atoms with Crippen LogP contribution in [0.4, 0.5) is 4.39 Å². The summed E-state index contributed by atoms with van der Waals surface area (Å²) in [5, 5.41) is -0.221. The van der Waals surface area contributed by atoms with Crippen molar-refractivity contribution in [1.29, 1.82) is 0 Å². The Kier molecular flexibility index (Phi) is 6.02. The molecule has 0 radical (unpaired) electrons. The molecular formula is C23H26FN3O3S. The Morgan fingerprint density at radius 2 is 1.77 bits per heavy atom. The van der Waals surface area contributed by atoms with Crippen molar-refractivity contribution in [1.82, 2.24) is 14.7 Å². The second-order valence-electron chi connectivity index (χ2n) is 8.07. The summed E-state index contributed by atoms with van der Waals surface area (Å²) < 4.78 is 25.1. The van der Waals surface area contributed by atoms with E-state index in [0.717, 1.165) is 50.0 Å². The van der Waals surface area contributed by atoms with Gasteiger partial charge >= 0.3 is 0 Å². The minimum atomic E-state index is -0.239. The van der Waals surface area contributed by atoms with Crippen LogP contribution in [-0.4, -0.2) is 72.4 Å². The van der Waals surface area contributed by atoms with Gasteiger partial charge in [0.25, 0.3) is 0 Å². The number of benzene rings is 2. The summed E-state index contributed by atoms with van der Waals surface area (Å²) in [7, 11) is 0. The quantitative estimate of drug-likeness (QED) is 0.708. The minimum Gasteiger partial charge on any atom is -0.454 e. The van der Waals surface area contributed by atoms with Crippen LogP contribution in [0.15, 0.2) is 42.5 Å². The molecule has 0 aromatic heterocycles. The zero-order valence-corrected chi connectivity index (χ0v) is 18.2. The fourth-order valence-corrected chi connectivity index (χ4v) is 5.64. The van der Waals surface area contributed by atoms with E-state index in [1.165, 1.54) is 11.6 Å². The van der Waals surface area contributed by atoms with Crippen LogP contribution in [0.2, 0.25) is 0 Å². The molecular weight excluding hydrogens is 417 g/mol. The van der Waals surface area contributed by atoms with Gasteiger partial charge in [0, 0.05) is 50.6 Å². The first kappa shape index (κ1) is 20.6. The Morgan fingerprint density at radius 1 is 1.00 bits per heavy atom. The van der Waals surface area contributed by atoms with Gasteiger partial charge in [-0.1, -0.05) is 24.3 Å². The van der Waals surface area contributed by atoms with Crippen LogP contribution in [0.3, 0.4) is 0 Å². The molecule has 164 valence electrons. The summed E-state index contributed by atoms with van der Waals surface area (Å²) in [5.74, 6) is 2.31. The van der Waals surface area contributed by atoms with Crippen molar-refractivity contribution in [2.24, 2.45) is 0 Å². The van der Waals surface area contributed by atoms with E-state index in [2.05, 4.69) is 15.9 Å². The van der Waals surface area contributed by atoms with E-state index in [0.29, 0.717) is 25.4 Å². The highest BCUT2D eigenvalue weighted by molar-refractivity contribution is 7.99. The fourth-order valence-electron chi connectivity index (χ4n) is 4.34. The molecule has 0 aliphatic carbocycles. The normalized spacial score (nSPS) is 21.6. The number of thioether (sulfide) groups is 1. The fraction of sp³-hybridized carbons (Fsp3) is 0.435. The SMILES string of the molecule is O=C(CN1CCN(Cc2ccc3c(c2)OCO3)CC1)N1CCSC1c1ccccc1F. The molecule has 1 atom stereocenters. The van der Waals surface area contributed by atoms with Crippen LogP contribution in [0.1, 0.15) is 16.5 Å². The smallest absolute Gasteiger partial charge is 0.237 e. The Hall–Kier alpha value is -2.29. The number of carbonyl (C=O) groups excluding carboxylic acids is 1. The highest BCUT2D eigenvalue weighted by Gasteiger charge is 2.33. The van der Waals surface area contributed by atoms with Gasteiger partial charge in [0.05, 0.1) is 6.54 Å². The van der Waals surface area contributed by atoms with Gasteiger partial charge in [-0.3, -0.25) is 14.6 Å². The number of halogens is 1. The minimum absolute atomic E-state index is 0.0856. The van der Waals surface area contributed by atoms with Gasteiger partial charge in [-0.05, 0) is 23.8 Å². The van der Waals surface area contributed by atoms with E-state index in [1.807, 2.05) is 23.1 Å². The predicted molar refractivity (Wildman–Crippen MR) is 118 cm³/mol. The Bertz CT molecular complexity index is 951. The molecule has 0 saturated carbocycles. The molecule has 1 unspecified atom stereocenters. The Balaban J connectivity index is 1.13. The first-order valence-electron chi connectivity index (χ1n) is 10.7. The summed E-state index contributed by atoms with van der Waals surface area (Å²) in [4.78, 5) is 19.4. The Morgan fingerprint density at radius 3 is 2.61 bits per heavy atom.